The summed E-state index contributed by atoms with van der Waals surface area (Å²) in [6.45, 7) is 0. The highest BCUT2D eigenvalue weighted by atomic mass is 79.9. The lowest BCUT2D eigenvalue weighted by Gasteiger charge is -2.09. The van der Waals surface area contributed by atoms with Gasteiger partial charge in [-0.25, -0.2) is 0 Å². The Morgan fingerprint density at radius 3 is 2.13 bits per heavy atom. The first-order valence-corrected chi connectivity index (χ1v) is 8.54. The van der Waals surface area contributed by atoms with E-state index in [1.54, 1.807) is 0 Å². The van der Waals surface area contributed by atoms with Crippen LogP contribution in [-0.2, 0) is 0 Å². The first-order chi connectivity index (χ1) is 11.3. The molecule has 0 bridgehead atoms. The van der Waals surface area contributed by atoms with Crippen LogP contribution in [0.2, 0.25) is 0 Å². The summed E-state index contributed by atoms with van der Waals surface area (Å²) in [5, 5.41) is 2.71. The predicted molar refractivity (Wildman–Crippen MR) is 102 cm³/mol. The molecule has 0 aliphatic heterocycles. The Balaban J connectivity index is 1.90. The molecule has 4 aromatic rings. The highest BCUT2D eigenvalue weighted by molar-refractivity contribution is 9.10. The first-order valence-electron chi connectivity index (χ1n) is 7.74. The van der Waals surface area contributed by atoms with Gasteiger partial charge < -0.3 is 0 Å². The molecule has 0 spiro atoms. The van der Waals surface area contributed by atoms with Gasteiger partial charge in [0.05, 0.1) is 0 Å². The second-order valence-electron chi connectivity index (χ2n) is 5.94. The topological polar surface area (TPSA) is 0 Å². The molecule has 0 nitrogen and oxygen atoms in total. The molecule has 23 heavy (non-hydrogen) atoms. The van der Waals surface area contributed by atoms with Gasteiger partial charge in [-0.15, -0.1) is 0 Å². The van der Waals surface area contributed by atoms with Crippen LogP contribution in [0.5, 0.6) is 0 Å². The molecule has 0 saturated heterocycles. The van der Waals surface area contributed by atoms with Crippen LogP contribution < -0.4 is 0 Å². The minimum atomic E-state index is 1.13. The van der Waals surface area contributed by atoms with E-state index in [1.807, 2.05) is 0 Å². The lowest BCUT2D eigenvalue weighted by atomic mass is 9.94. The maximum Gasteiger partial charge on any atom is 0.0181 e. The van der Waals surface area contributed by atoms with Gasteiger partial charge in [0.15, 0.2) is 0 Å². The molecule has 108 valence electrons. The van der Waals surface area contributed by atoms with Gasteiger partial charge in [0, 0.05) is 4.47 Å². The van der Waals surface area contributed by atoms with Crippen molar-refractivity contribution in [3.05, 3.63) is 83.3 Å². The van der Waals surface area contributed by atoms with Crippen LogP contribution in [0, 0.1) is 0 Å². The Morgan fingerprint density at radius 1 is 0.522 bits per heavy atom. The Hall–Kier alpha value is -2.38. The van der Waals surface area contributed by atoms with Crippen LogP contribution in [0.3, 0.4) is 0 Å². The van der Waals surface area contributed by atoms with Gasteiger partial charge in [-0.1, -0.05) is 82.7 Å². The van der Waals surface area contributed by atoms with Gasteiger partial charge in [0.2, 0.25) is 0 Å². The van der Waals surface area contributed by atoms with E-state index in [9.17, 15) is 0 Å². The molecule has 0 amide bonds. The summed E-state index contributed by atoms with van der Waals surface area (Å²) in [6, 6.07) is 28.4. The van der Waals surface area contributed by atoms with Crippen LogP contribution in [0.4, 0.5) is 0 Å². The van der Waals surface area contributed by atoms with E-state index in [2.05, 4.69) is 94.8 Å². The maximum absolute atomic E-state index is 3.61. The third-order valence-electron chi connectivity index (χ3n) is 4.69. The lowest BCUT2D eigenvalue weighted by Crippen LogP contribution is -1.82. The summed E-state index contributed by atoms with van der Waals surface area (Å²) in [6.07, 6.45) is 0. The fraction of sp³-hybridized carbons (Fsp3) is 0. The first kappa shape index (κ1) is 13.1. The molecular weight excluding hydrogens is 344 g/mol. The summed E-state index contributed by atoms with van der Waals surface area (Å²) in [4.78, 5) is 0. The highest BCUT2D eigenvalue weighted by Gasteiger charge is 2.22. The highest BCUT2D eigenvalue weighted by Crippen LogP contribution is 2.49. The smallest absolute Gasteiger partial charge is 0.0181 e. The average Bonchev–Trinajstić information content (AvgIpc) is 2.91. The van der Waals surface area contributed by atoms with E-state index in [0.29, 0.717) is 0 Å². The van der Waals surface area contributed by atoms with Gasteiger partial charge in [0.25, 0.3) is 0 Å². The molecule has 0 saturated carbocycles. The molecule has 1 aliphatic rings. The third-order valence-corrected chi connectivity index (χ3v) is 5.18. The van der Waals surface area contributed by atoms with Crippen LogP contribution in [-0.4, -0.2) is 0 Å². The van der Waals surface area contributed by atoms with Crippen molar-refractivity contribution in [1.82, 2.24) is 0 Å². The molecule has 0 atom stereocenters. The average molecular weight is 357 g/mol. The van der Waals surface area contributed by atoms with Crippen LogP contribution in [0.25, 0.3) is 44.2 Å². The third kappa shape index (κ3) is 1.83. The predicted octanol–water partition coefficient (Wildman–Crippen LogP) is 6.92. The zero-order valence-electron chi connectivity index (χ0n) is 12.4. The molecular formula is C22H13Br. The molecule has 1 heteroatoms. The van der Waals surface area contributed by atoms with Crippen molar-refractivity contribution >= 4 is 26.7 Å². The van der Waals surface area contributed by atoms with Crippen LogP contribution in [0.15, 0.2) is 83.3 Å². The number of hydrogen-bond acceptors (Lipinski definition) is 0. The van der Waals surface area contributed by atoms with E-state index in [-0.39, 0.29) is 0 Å². The number of rotatable bonds is 1. The molecule has 0 radical (unpaired) electrons. The van der Waals surface area contributed by atoms with Gasteiger partial charge in [-0.05, 0) is 56.3 Å². The van der Waals surface area contributed by atoms with Crippen molar-refractivity contribution in [3.63, 3.8) is 0 Å². The second kappa shape index (κ2) is 4.81. The zero-order chi connectivity index (χ0) is 15.4. The molecule has 4 aromatic carbocycles. The Labute approximate surface area is 143 Å². The van der Waals surface area contributed by atoms with Crippen molar-refractivity contribution in [2.45, 2.75) is 0 Å². The summed E-state index contributed by atoms with van der Waals surface area (Å²) in [7, 11) is 0. The van der Waals surface area contributed by atoms with Gasteiger partial charge in [-0.2, -0.15) is 0 Å². The minimum Gasteiger partial charge on any atom is -0.0622 e. The largest absolute Gasteiger partial charge is 0.0622 e. The quantitative estimate of drug-likeness (QED) is 0.306. The zero-order valence-corrected chi connectivity index (χ0v) is 14.0. The van der Waals surface area contributed by atoms with Crippen molar-refractivity contribution in [2.75, 3.05) is 0 Å². The molecule has 0 fully saturated rings. The SMILES string of the molecule is Brc1ccc2c(c1)-c1cccc3c(-c4ccccc4)ccc-2c13. The monoisotopic (exact) mass is 356 g/mol. The van der Waals surface area contributed by atoms with E-state index in [0.717, 1.165) is 4.47 Å². The molecule has 0 aromatic heterocycles. The lowest BCUT2D eigenvalue weighted by molar-refractivity contribution is 1.64. The number of benzene rings is 4. The van der Waals surface area contributed by atoms with Crippen molar-refractivity contribution in [1.29, 1.82) is 0 Å². The number of hydrogen-bond donors (Lipinski definition) is 0. The summed E-state index contributed by atoms with van der Waals surface area (Å²) >= 11 is 3.61. The molecule has 0 heterocycles. The summed E-state index contributed by atoms with van der Waals surface area (Å²) in [5.74, 6) is 0. The standard InChI is InChI=1S/C22H13Br/c23-15-9-10-17-20-12-11-16(14-5-2-1-3-6-14)18-7-4-8-19(22(18)20)21(17)13-15/h1-13H. The summed E-state index contributed by atoms with van der Waals surface area (Å²) < 4.78 is 1.13. The van der Waals surface area contributed by atoms with Crippen molar-refractivity contribution in [3.8, 4) is 33.4 Å². The van der Waals surface area contributed by atoms with Crippen LogP contribution >= 0.6 is 15.9 Å². The Kier molecular flexibility index (Phi) is 2.74. The van der Waals surface area contributed by atoms with E-state index in [1.165, 1.54) is 44.2 Å². The number of halogens is 1. The minimum absolute atomic E-state index is 1.13. The van der Waals surface area contributed by atoms with Gasteiger partial charge >= 0.3 is 0 Å². The fourth-order valence-electron chi connectivity index (χ4n) is 3.70. The van der Waals surface area contributed by atoms with Gasteiger partial charge in [0.1, 0.15) is 0 Å². The van der Waals surface area contributed by atoms with Crippen molar-refractivity contribution < 1.29 is 0 Å². The van der Waals surface area contributed by atoms with Gasteiger partial charge in [-0.3, -0.25) is 0 Å². The molecule has 5 rings (SSSR count). The maximum atomic E-state index is 3.61. The van der Waals surface area contributed by atoms with Crippen LogP contribution in [0.1, 0.15) is 0 Å². The number of fused-ring (bicyclic) bond motifs is 3. The Morgan fingerprint density at radius 2 is 1.26 bits per heavy atom. The Bertz CT molecular complexity index is 1060. The second-order valence-corrected chi connectivity index (χ2v) is 6.86. The molecule has 1 aliphatic carbocycles. The summed E-state index contributed by atoms with van der Waals surface area (Å²) in [5.41, 5.74) is 7.92. The normalized spacial score (nSPS) is 11.7. The van der Waals surface area contributed by atoms with E-state index < -0.39 is 0 Å². The molecule has 0 unspecified atom stereocenters. The van der Waals surface area contributed by atoms with E-state index in [4.69, 9.17) is 0 Å². The molecule has 0 N–H and O–H groups in total. The van der Waals surface area contributed by atoms with E-state index >= 15 is 0 Å². The van der Waals surface area contributed by atoms with Crippen molar-refractivity contribution in [2.24, 2.45) is 0 Å². The fourth-order valence-corrected chi connectivity index (χ4v) is 4.06.